The molecular formula is C19H22N3O3S+. The van der Waals surface area contributed by atoms with Crippen LogP contribution in [-0.2, 0) is 20.8 Å². The molecule has 1 aromatic heterocycles. The maximum atomic E-state index is 12.6. The lowest BCUT2D eigenvalue weighted by Gasteiger charge is -2.30. The minimum atomic E-state index is -0.380. The minimum Gasteiger partial charge on any atom is -0.444 e. The average Bonchev–Trinajstić information content (AvgIpc) is 3.10. The van der Waals surface area contributed by atoms with Crippen LogP contribution >= 0.6 is 11.3 Å². The number of ketones is 1. The van der Waals surface area contributed by atoms with E-state index in [9.17, 15) is 10.1 Å². The Morgan fingerprint density at radius 3 is 2.92 bits per heavy atom. The van der Waals surface area contributed by atoms with Gasteiger partial charge in [-0.1, -0.05) is 0 Å². The number of nitrogens with two attached hydrogens (primary N) is 1. The summed E-state index contributed by atoms with van der Waals surface area (Å²) < 4.78 is 11.0. The fourth-order valence-electron chi connectivity index (χ4n) is 3.90. The maximum absolute atomic E-state index is 12.6. The Hall–Kier alpha value is -2.14. The second-order valence-corrected chi connectivity index (χ2v) is 7.88. The summed E-state index contributed by atoms with van der Waals surface area (Å²) >= 11 is 1.60. The van der Waals surface area contributed by atoms with Crippen molar-refractivity contribution in [3.63, 3.8) is 0 Å². The first-order chi connectivity index (χ1) is 12.7. The van der Waals surface area contributed by atoms with E-state index in [4.69, 9.17) is 15.2 Å². The van der Waals surface area contributed by atoms with Gasteiger partial charge in [-0.3, -0.25) is 4.79 Å². The van der Waals surface area contributed by atoms with Gasteiger partial charge < -0.3 is 20.1 Å². The molecule has 6 nitrogen and oxygen atoms in total. The van der Waals surface area contributed by atoms with Crippen molar-refractivity contribution in [1.29, 1.82) is 5.26 Å². The van der Waals surface area contributed by atoms with E-state index in [-0.39, 0.29) is 17.6 Å². The molecule has 0 unspecified atom stereocenters. The van der Waals surface area contributed by atoms with Crippen LogP contribution in [0.25, 0.3) is 0 Å². The number of hydrogen-bond donors (Lipinski definition) is 2. The molecule has 1 atom stereocenters. The summed E-state index contributed by atoms with van der Waals surface area (Å²) in [7, 11) is 0. The van der Waals surface area contributed by atoms with Crippen LogP contribution in [0.15, 0.2) is 34.2 Å². The Balaban J connectivity index is 1.65. The summed E-state index contributed by atoms with van der Waals surface area (Å²) in [4.78, 5) is 15.1. The van der Waals surface area contributed by atoms with Crippen molar-refractivity contribution < 1.29 is 19.2 Å². The molecule has 0 radical (unpaired) electrons. The largest absolute Gasteiger partial charge is 0.444 e. The highest BCUT2D eigenvalue weighted by atomic mass is 32.1. The zero-order valence-electron chi connectivity index (χ0n) is 14.5. The van der Waals surface area contributed by atoms with Gasteiger partial charge in [0.05, 0.1) is 19.1 Å². The fraction of sp³-hybridized carbons (Fsp3) is 0.474. The third-order valence-electron chi connectivity index (χ3n) is 5.22. The summed E-state index contributed by atoms with van der Waals surface area (Å²) in [6.07, 6.45) is 1.98. The Morgan fingerprint density at radius 1 is 1.35 bits per heavy atom. The number of Topliss-reactive ketones (excluding diaryl/α,β-unsaturated/α-hetero) is 1. The third kappa shape index (κ3) is 3.16. The molecule has 1 aromatic rings. The molecule has 2 aliphatic heterocycles. The monoisotopic (exact) mass is 372 g/mol. The van der Waals surface area contributed by atoms with E-state index in [0.29, 0.717) is 29.7 Å². The lowest BCUT2D eigenvalue weighted by atomic mass is 9.80. The maximum Gasteiger partial charge on any atom is 0.205 e. The summed E-state index contributed by atoms with van der Waals surface area (Å²) in [5.41, 5.74) is 8.22. The number of nitrogens with one attached hydrogen (secondary N) is 1. The lowest BCUT2D eigenvalue weighted by molar-refractivity contribution is -0.921. The molecule has 0 bridgehead atoms. The van der Waals surface area contributed by atoms with Crippen molar-refractivity contribution in [2.45, 2.75) is 31.7 Å². The number of hydrogen-bond acceptors (Lipinski definition) is 6. The van der Waals surface area contributed by atoms with E-state index >= 15 is 0 Å². The number of ether oxygens (including phenoxy) is 2. The zero-order chi connectivity index (χ0) is 18.1. The molecule has 3 aliphatic rings. The molecule has 0 spiro atoms. The molecule has 3 N–H and O–H groups in total. The van der Waals surface area contributed by atoms with E-state index in [1.54, 1.807) is 11.3 Å². The van der Waals surface area contributed by atoms with Crippen molar-refractivity contribution in [3.8, 4) is 6.07 Å². The Morgan fingerprint density at radius 2 is 2.15 bits per heavy atom. The second kappa shape index (κ2) is 7.23. The summed E-state index contributed by atoms with van der Waals surface area (Å²) in [5.74, 6) is 0.483. The van der Waals surface area contributed by atoms with Crippen molar-refractivity contribution in [2.75, 3.05) is 26.3 Å². The molecule has 0 aromatic carbocycles. The SMILES string of the molecule is N#CC1=C(N)OC2=C(C(=O)CCC2)[C@@H]1c1cc(C[NH+]2CCOCC2)cs1. The molecule has 4 rings (SSSR count). The number of carbonyl (C=O) groups is 1. The van der Waals surface area contributed by atoms with E-state index < -0.39 is 0 Å². The molecule has 1 aliphatic carbocycles. The van der Waals surface area contributed by atoms with Gasteiger partial charge in [0.25, 0.3) is 0 Å². The molecule has 1 fully saturated rings. The van der Waals surface area contributed by atoms with Crippen LogP contribution in [0.5, 0.6) is 0 Å². The van der Waals surface area contributed by atoms with Gasteiger partial charge in [0.1, 0.15) is 37.0 Å². The highest BCUT2D eigenvalue weighted by Crippen LogP contribution is 2.44. The number of allylic oxidation sites excluding steroid dienone is 3. The average molecular weight is 372 g/mol. The van der Waals surface area contributed by atoms with Gasteiger partial charge in [0.15, 0.2) is 5.78 Å². The van der Waals surface area contributed by atoms with Gasteiger partial charge in [-0.25, -0.2) is 0 Å². The van der Waals surface area contributed by atoms with Crippen molar-refractivity contribution >= 4 is 17.1 Å². The van der Waals surface area contributed by atoms with Gasteiger partial charge in [-0.2, -0.15) is 5.26 Å². The number of quaternary nitrogens is 1. The number of rotatable bonds is 3. The number of nitriles is 1. The fourth-order valence-corrected chi connectivity index (χ4v) is 4.93. The van der Waals surface area contributed by atoms with E-state index in [0.717, 1.165) is 44.1 Å². The molecule has 26 heavy (non-hydrogen) atoms. The molecule has 3 heterocycles. The Bertz CT molecular complexity index is 827. The van der Waals surface area contributed by atoms with Crippen LogP contribution in [0.1, 0.15) is 35.6 Å². The summed E-state index contributed by atoms with van der Waals surface area (Å²) in [6, 6.07) is 4.30. The Labute approximate surface area is 156 Å². The molecule has 7 heteroatoms. The summed E-state index contributed by atoms with van der Waals surface area (Å²) in [6.45, 7) is 4.55. The van der Waals surface area contributed by atoms with E-state index in [1.807, 2.05) is 0 Å². The first-order valence-corrected chi connectivity index (χ1v) is 9.87. The topological polar surface area (TPSA) is 89.8 Å². The van der Waals surface area contributed by atoms with Crippen LogP contribution in [0.2, 0.25) is 0 Å². The van der Waals surface area contributed by atoms with Crippen LogP contribution < -0.4 is 10.6 Å². The quantitative estimate of drug-likeness (QED) is 0.826. The van der Waals surface area contributed by atoms with Crippen molar-refractivity contribution in [3.05, 3.63) is 44.7 Å². The number of morpholine rings is 1. The van der Waals surface area contributed by atoms with E-state index in [2.05, 4.69) is 17.5 Å². The first-order valence-electron chi connectivity index (χ1n) is 9.00. The first kappa shape index (κ1) is 17.3. The molecule has 0 amide bonds. The van der Waals surface area contributed by atoms with Crippen LogP contribution in [0.4, 0.5) is 0 Å². The van der Waals surface area contributed by atoms with Gasteiger partial charge >= 0.3 is 0 Å². The predicted molar refractivity (Wildman–Crippen MR) is 96.1 cm³/mol. The van der Waals surface area contributed by atoms with Gasteiger partial charge in [-0.15, -0.1) is 11.3 Å². The van der Waals surface area contributed by atoms with Gasteiger partial charge in [0, 0.05) is 28.9 Å². The minimum absolute atomic E-state index is 0.0743. The number of thiophene rings is 1. The van der Waals surface area contributed by atoms with E-state index in [1.165, 1.54) is 10.5 Å². The lowest BCUT2D eigenvalue weighted by Crippen LogP contribution is -3.12. The normalized spacial score (nSPS) is 24.3. The highest BCUT2D eigenvalue weighted by molar-refractivity contribution is 7.10. The predicted octanol–water partition coefficient (Wildman–Crippen LogP) is 0.978. The van der Waals surface area contributed by atoms with Crippen molar-refractivity contribution in [1.82, 2.24) is 0 Å². The second-order valence-electron chi connectivity index (χ2n) is 6.93. The van der Waals surface area contributed by atoms with Crippen molar-refractivity contribution in [2.24, 2.45) is 5.73 Å². The number of carbonyl (C=O) groups excluding carboxylic acids is 1. The number of nitrogens with zero attached hydrogens (tertiary/aromatic N) is 1. The molecule has 1 saturated heterocycles. The van der Waals surface area contributed by atoms with Crippen LogP contribution in [-0.4, -0.2) is 32.1 Å². The Kier molecular flexibility index (Phi) is 4.81. The van der Waals surface area contributed by atoms with Gasteiger partial charge in [0.2, 0.25) is 5.88 Å². The standard InChI is InChI=1S/C19H21N3O3S/c20-9-13-17(18-14(23)2-1-3-15(18)25-19(13)21)16-8-12(11-26-16)10-22-4-6-24-7-5-22/h8,11,17H,1-7,10,21H2/p+1/t17-/m0/s1. The highest BCUT2D eigenvalue weighted by Gasteiger charge is 2.38. The molecule has 136 valence electrons. The third-order valence-corrected chi connectivity index (χ3v) is 6.26. The smallest absolute Gasteiger partial charge is 0.205 e. The molecular weight excluding hydrogens is 350 g/mol. The van der Waals surface area contributed by atoms with Crippen LogP contribution in [0.3, 0.4) is 0 Å². The molecule has 0 saturated carbocycles. The van der Waals surface area contributed by atoms with Crippen LogP contribution in [0, 0.1) is 11.3 Å². The summed E-state index contributed by atoms with van der Waals surface area (Å²) in [5, 5.41) is 11.8. The van der Waals surface area contributed by atoms with Gasteiger partial charge in [-0.05, 0) is 17.9 Å². The zero-order valence-corrected chi connectivity index (χ0v) is 15.4.